The summed E-state index contributed by atoms with van der Waals surface area (Å²) in [5.74, 6) is 1.33. The van der Waals surface area contributed by atoms with Gasteiger partial charge >= 0.3 is 0 Å². The lowest BCUT2D eigenvalue weighted by Crippen LogP contribution is -2.38. The average Bonchev–Trinajstić information content (AvgIpc) is 2.32. The summed E-state index contributed by atoms with van der Waals surface area (Å²) in [5, 5.41) is -0.499. The Morgan fingerprint density at radius 2 is 1.79 bits per heavy atom. The molecule has 2 aliphatic carbocycles. The molecule has 0 amide bonds. The summed E-state index contributed by atoms with van der Waals surface area (Å²) in [5.41, 5.74) is 0.785. The van der Waals surface area contributed by atoms with E-state index in [1.165, 1.54) is 19.3 Å². The Bertz CT molecular complexity index is 252. The molecule has 2 heteroatoms. The van der Waals surface area contributed by atoms with E-state index < -0.39 is 5.21 Å². The van der Waals surface area contributed by atoms with E-state index in [0.717, 1.165) is 5.92 Å². The summed E-state index contributed by atoms with van der Waals surface area (Å²) in [6.45, 7) is 9.18. The molecule has 0 spiro atoms. The minimum absolute atomic E-state index is 0.357. The van der Waals surface area contributed by atoms with E-state index >= 15 is 0 Å². The smallest absolute Gasteiger partial charge is 0.0620 e. The monoisotopic (exact) mass is 186 g/mol. The summed E-state index contributed by atoms with van der Waals surface area (Å²) in [6.07, 6.45) is 3.91. The predicted octanol–water partition coefficient (Wildman–Crippen LogP) is 2.92. The quantitative estimate of drug-likeness (QED) is 0.552. The van der Waals surface area contributed by atoms with E-state index in [-0.39, 0.29) is 0 Å². The van der Waals surface area contributed by atoms with Gasteiger partial charge in [0.25, 0.3) is 0 Å². The zero-order valence-electron chi connectivity index (χ0n) is 9.93. The number of hydrogen-bond donors (Lipinski definition) is 0. The van der Waals surface area contributed by atoms with E-state index in [0.29, 0.717) is 16.7 Å². The van der Waals surface area contributed by atoms with Crippen LogP contribution >= 0.6 is 0 Å². The van der Waals surface area contributed by atoms with Gasteiger partial charge in [-0.1, -0.05) is 32.9 Å². The van der Waals surface area contributed by atoms with E-state index in [2.05, 4.69) is 20.8 Å². The third kappa shape index (κ3) is 1.09. The lowest BCUT2D eigenvalue weighted by Gasteiger charge is -2.46. The van der Waals surface area contributed by atoms with Crippen molar-refractivity contribution in [2.24, 2.45) is 22.7 Å². The van der Waals surface area contributed by atoms with Crippen LogP contribution in [0.4, 0.5) is 0 Å². The largest absolute Gasteiger partial charge is 0.0984 e. The van der Waals surface area contributed by atoms with Gasteiger partial charge in [0.2, 0.25) is 0 Å². The second kappa shape index (κ2) is 2.62. The third-order valence-electron chi connectivity index (χ3n) is 5.54. The Hall–Kier alpha value is 0.130. The zero-order valence-corrected chi connectivity index (χ0v) is 9.93. The van der Waals surface area contributed by atoms with Crippen LogP contribution < -0.4 is 0 Å². The first kappa shape index (κ1) is 10.6. The number of rotatable bonds is 1. The highest BCUT2D eigenvalue weighted by molar-refractivity contribution is 6.39. The van der Waals surface area contributed by atoms with E-state index in [4.69, 9.17) is 15.7 Å². The summed E-state index contributed by atoms with van der Waals surface area (Å²) in [4.78, 5) is 0. The van der Waals surface area contributed by atoms with Gasteiger partial charge < -0.3 is 0 Å². The Labute approximate surface area is 91.0 Å². The maximum Gasteiger partial charge on any atom is 0.0620 e. The van der Waals surface area contributed by atoms with E-state index in [1.54, 1.807) is 0 Å². The minimum atomic E-state index is -0.499. The van der Waals surface area contributed by atoms with Crippen molar-refractivity contribution in [3.05, 3.63) is 0 Å². The molecule has 2 aliphatic rings. The van der Waals surface area contributed by atoms with E-state index in [1.807, 2.05) is 6.92 Å². The first-order valence-electron chi connectivity index (χ1n) is 5.77. The van der Waals surface area contributed by atoms with Crippen molar-refractivity contribution in [3.8, 4) is 0 Å². The predicted molar refractivity (Wildman–Crippen MR) is 62.6 cm³/mol. The van der Waals surface area contributed by atoms with Crippen LogP contribution in [-0.2, 0) is 0 Å². The van der Waals surface area contributed by atoms with Crippen molar-refractivity contribution < 1.29 is 0 Å². The molecular formula is C12H20B2. The molecule has 74 valence electrons. The second-order valence-corrected chi connectivity index (χ2v) is 6.53. The molecular weight excluding hydrogens is 166 g/mol. The highest BCUT2D eigenvalue weighted by atomic mass is 14.7. The molecule has 0 nitrogen and oxygen atoms in total. The van der Waals surface area contributed by atoms with Crippen LogP contribution in [0.2, 0.25) is 5.21 Å². The molecule has 3 atom stereocenters. The molecule has 2 saturated carbocycles. The van der Waals surface area contributed by atoms with Crippen LogP contribution in [0.3, 0.4) is 0 Å². The fourth-order valence-electron chi connectivity index (χ4n) is 4.14. The topological polar surface area (TPSA) is 0 Å². The fourth-order valence-corrected chi connectivity index (χ4v) is 4.14. The first-order chi connectivity index (χ1) is 6.19. The van der Waals surface area contributed by atoms with Crippen LogP contribution in [0.15, 0.2) is 0 Å². The van der Waals surface area contributed by atoms with Crippen molar-refractivity contribution in [2.75, 3.05) is 0 Å². The molecule has 0 aromatic rings. The summed E-state index contributed by atoms with van der Waals surface area (Å²) in [7, 11) is 12.2. The summed E-state index contributed by atoms with van der Waals surface area (Å²) < 4.78 is 0. The molecule has 2 rings (SSSR count). The Balaban J connectivity index is 2.37. The van der Waals surface area contributed by atoms with Crippen molar-refractivity contribution in [1.29, 1.82) is 0 Å². The van der Waals surface area contributed by atoms with Crippen LogP contribution in [0, 0.1) is 22.7 Å². The maximum atomic E-state index is 6.11. The molecule has 2 bridgehead atoms. The van der Waals surface area contributed by atoms with Crippen LogP contribution in [0.25, 0.3) is 0 Å². The SMILES string of the molecule is [B]C([B])(C)C1CC2CCC1(C)C2(C)C. The van der Waals surface area contributed by atoms with E-state index in [9.17, 15) is 0 Å². The zero-order chi connectivity index (χ0) is 10.8. The van der Waals surface area contributed by atoms with Gasteiger partial charge in [-0.05, 0) is 41.9 Å². The van der Waals surface area contributed by atoms with Gasteiger partial charge in [0, 0.05) is 0 Å². The molecule has 14 heavy (non-hydrogen) atoms. The first-order valence-corrected chi connectivity index (χ1v) is 5.77. The van der Waals surface area contributed by atoms with Crippen LogP contribution in [-0.4, -0.2) is 15.7 Å². The highest BCUT2D eigenvalue weighted by Crippen LogP contribution is 2.71. The molecule has 0 aromatic carbocycles. The number of hydrogen-bond acceptors (Lipinski definition) is 0. The Morgan fingerprint density at radius 1 is 1.21 bits per heavy atom. The molecule has 0 aromatic heterocycles. The lowest BCUT2D eigenvalue weighted by atomic mass is 9.43. The van der Waals surface area contributed by atoms with Gasteiger partial charge in [0.1, 0.15) is 0 Å². The van der Waals surface area contributed by atoms with Crippen molar-refractivity contribution in [1.82, 2.24) is 0 Å². The molecule has 0 aliphatic heterocycles. The standard InChI is InChI=1S/C12H20B2/c1-10(2)8-5-6-11(10,3)9(7-8)12(4,13)14/h8-9H,5-7H2,1-4H3. The summed E-state index contributed by atoms with van der Waals surface area (Å²) >= 11 is 0. The normalized spacial score (nSPS) is 45.7. The van der Waals surface area contributed by atoms with Crippen molar-refractivity contribution >= 4 is 15.7 Å². The maximum absolute atomic E-state index is 6.11. The van der Waals surface area contributed by atoms with Gasteiger partial charge in [-0.15, -0.1) is 0 Å². The van der Waals surface area contributed by atoms with Gasteiger partial charge in [0.15, 0.2) is 0 Å². The molecule has 2 fully saturated rings. The minimum Gasteiger partial charge on any atom is -0.0984 e. The average molecular weight is 186 g/mol. The lowest BCUT2D eigenvalue weighted by molar-refractivity contribution is 0.0942. The number of fused-ring (bicyclic) bond motifs is 2. The molecule has 0 heterocycles. The Kier molecular flexibility index (Phi) is 1.99. The molecule has 4 radical (unpaired) electrons. The Morgan fingerprint density at radius 3 is 2.00 bits per heavy atom. The van der Waals surface area contributed by atoms with Gasteiger partial charge in [0.05, 0.1) is 15.7 Å². The van der Waals surface area contributed by atoms with Gasteiger partial charge in [-0.3, -0.25) is 0 Å². The highest BCUT2D eigenvalue weighted by Gasteiger charge is 2.62. The third-order valence-corrected chi connectivity index (χ3v) is 5.54. The van der Waals surface area contributed by atoms with Crippen molar-refractivity contribution in [3.63, 3.8) is 0 Å². The fraction of sp³-hybridized carbons (Fsp3) is 1.00. The second-order valence-electron chi connectivity index (χ2n) is 6.53. The van der Waals surface area contributed by atoms with Crippen LogP contribution in [0.1, 0.15) is 47.0 Å². The van der Waals surface area contributed by atoms with Crippen molar-refractivity contribution in [2.45, 2.75) is 52.2 Å². The molecule has 3 unspecified atom stereocenters. The van der Waals surface area contributed by atoms with Crippen LogP contribution in [0.5, 0.6) is 0 Å². The van der Waals surface area contributed by atoms with Gasteiger partial charge in [-0.2, -0.15) is 0 Å². The molecule has 0 N–H and O–H groups in total. The summed E-state index contributed by atoms with van der Waals surface area (Å²) in [6, 6.07) is 0. The van der Waals surface area contributed by atoms with Gasteiger partial charge in [-0.25, -0.2) is 0 Å². The molecule has 0 saturated heterocycles.